The lowest BCUT2D eigenvalue weighted by molar-refractivity contribution is -0.168. The molecule has 1 aliphatic rings. The second kappa shape index (κ2) is 5.45. The average Bonchev–Trinajstić information content (AvgIpc) is 3.09. The minimum absolute atomic E-state index is 0.0790. The number of hydrogen-bond donors (Lipinski definition) is 0. The Morgan fingerprint density at radius 2 is 1.86 bits per heavy atom. The van der Waals surface area contributed by atoms with E-state index in [1.807, 2.05) is 0 Å². The number of amides is 2. The van der Waals surface area contributed by atoms with E-state index in [4.69, 9.17) is 4.84 Å². The summed E-state index contributed by atoms with van der Waals surface area (Å²) in [5, 5.41) is 0.527. The van der Waals surface area contributed by atoms with Crippen molar-refractivity contribution in [3.8, 4) is 0 Å². The van der Waals surface area contributed by atoms with E-state index in [0.717, 1.165) is 4.88 Å². The fourth-order valence-electron chi connectivity index (χ4n) is 1.99. The SMILES string of the molecule is O=C(CCc1cncs1)ON1C(=O)c2ccccc2C1=O. The molecule has 0 atom stereocenters. The van der Waals surface area contributed by atoms with E-state index in [0.29, 0.717) is 11.5 Å². The van der Waals surface area contributed by atoms with Crippen molar-refractivity contribution in [2.45, 2.75) is 12.8 Å². The minimum Gasteiger partial charge on any atom is -0.330 e. The number of hydrogen-bond acceptors (Lipinski definition) is 6. The monoisotopic (exact) mass is 302 g/mol. The van der Waals surface area contributed by atoms with E-state index in [1.165, 1.54) is 23.5 Å². The zero-order valence-electron chi connectivity index (χ0n) is 10.8. The molecule has 21 heavy (non-hydrogen) atoms. The molecule has 0 bridgehead atoms. The molecule has 0 spiro atoms. The summed E-state index contributed by atoms with van der Waals surface area (Å²) in [5.74, 6) is -1.85. The topological polar surface area (TPSA) is 76.6 Å². The molecule has 0 aliphatic carbocycles. The number of aromatic nitrogens is 1. The molecule has 0 N–H and O–H groups in total. The summed E-state index contributed by atoms with van der Waals surface area (Å²) in [6.45, 7) is 0. The van der Waals surface area contributed by atoms with Crippen LogP contribution >= 0.6 is 11.3 Å². The molecule has 0 fully saturated rings. The van der Waals surface area contributed by atoms with E-state index in [2.05, 4.69) is 4.98 Å². The molecule has 106 valence electrons. The van der Waals surface area contributed by atoms with E-state index >= 15 is 0 Å². The molecular weight excluding hydrogens is 292 g/mol. The largest absolute Gasteiger partial charge is 0.333 e. The summed E-state index contributed by atoms with van der Waals surface area (Å²) in [6, 6.07) is 6.36. The van der Waals surface area contributed by atoms with Crippen molar-refractivity contribution in [1.82, 2.24) is 10.0 Å². The number of fused-ring (bicyclic) bond motifs is 1. The molecule has 3 rings (SSSR count). The average molecular weight is 302 g/mol. The maximum absolute atomic E-state index is 12.0. The third-order valence-corrected chi connectivity index (χ3v) is 3.85. The molecular formula is C14H10N2O4S. The number of hydroxylamine groups is 2. The fourth-order valence-corrected chi connectivity index (χ4v) is 2.59. The number of nitrogens with zero attached hydrogens (tertiary/aromatic N) is 2. The number of carbonyl (C=O) groups is 3. The Morgan fingerprint density at radius 3 is 2.43 bits per heavy atom. The predicted octanol–water partition coefficient (Wildman–Crippen LogP) is 1.83. The quantitative estimate of drug-likeness (QED) is 0.805. The number of thiazole rings is 1. The van der Waals surface area contributed by atoms with Crippen molar-refractivity contribution in [1.29, 1.82) is 0 Å². The fraction of sp³-hybridized carbons (Fsp3) is 0.143. The highest BCUT2D eigenvalue weighted by Crippen LogP contribution is 2.23. The van der Waals surface area contributed by atoms with Crippen molar-refractivity contribution in [2.75, 3.05) is 0 Å². The van der Waals surface area contributed by atoms with Gasteiger partial charge in [0, 0.05) is 11.1 Å². The standard InChI is InChI=1S/C14H10N2O4S/c17-12(6-5-9-7-15-8-21-9)20-16-13(18)10-3-1-2-4-11(10)14(16)19/h1-4,7-8H,5-6H2. The van der Waals surface area contributed by atoms with Crippen molar-refractivity contribution in [2.24, 2.45) is 0 Å². The lowest BCUT2D eigenvalue weighted by atomic mass is 10.1. The summed E-state index contributed by atoms with van der Waals surface area (Å²) in [4.78, 5) is 45.5. The molecule has 1 aliphatic heterocycles. The number of benzene rings is 1. The first kappa shape index (κ1) is 13.4. The van der Waals surface area contributed by atoms with Crippen LogP contribution in [0.5, 0.6) is 0 Å². The lowest BCUT2D eigenvalue weighted by Gasteiger charge is -2.12. The van der Waals surface area contributed by atoms with E-state index in [9.17, 15) is 14.4 Å². The van der Waals surface area contributed by atoms with Gasteiger partial charge in [-0.2, -0.15) is 0 Å². The van der Waals surface area contributed by atoms with Gasteiger partial charge in [-0.25, -0.2) is 4.79 Å². The summed E-state index contributed by atoms with van der Waals surface area (Å²) in [6.07, 6.45) is 2.21. The van der Waals surface area contributed by atoms with Gasteiger partial charge in [-0.05, 0) is 18.6 Å². The van der Waals surface area contributed by atoms with Gasteiger partial charge in [0.05, 0.1) is 23.1 Å². The van der Waals surface area contributed by atoms with Gasteiger partial charge in [-0.3, -0.25) is 14.6 Å². The molecule has 2 heterocycles. The van der Waals surface area contributed by atoms with Crippen LogP contribution in [0.15, 0.2) is 36.0 Å². The van der Waals surface area contributed by atoms with Crippen molar-refractivity contribution >= 4 is 29.1 Å². The summed E-state index contributed by atoms with van der Waals surface area (Å²) < 4.78 is 0. The Morgan fingerprint density at radius 1 is 1.19 bits per heavy atom. The molecule has 1 aromatic carbocycles. The van der Waals surface area contributed by atoms with Gasteiger partial charge in [-0.15, -0.1) is 11.3 Å². The van der Waals surface area contributed by atoms with Gasteiger partial charge in [-0.1, -0.05) is 17.2 Å². The Hall–Kier alpha value is -2.54. The van der Waals surface area contributed by atoms with E-state index in [1.54, 1.807) is 23.8 Å². The zero-order chi connectivity index (χ0) is 14.8. The first-order chi connectivity index (χ1) is 10.2. The van der Waals surface area contributed by atoms with Crippen LogP contribution in [0.4, 0.5) is 0 Å². The number of imide groups is 1. The Balaban J connectivity index is 1.65. The van der Waals surface area contributed by atoms with Gasteiger partial charge in [0.2, 0.25) is 0 Å². The van der Waals surface area contributed by atoms with Crippen LogP contribution in [0.3, 0.4) is 0 Å². The number of carbonyl (C=O) groups excluding carboxylic acids is 3. The van der Waals surface area contributed by atoms with Crippen LogP contribution in [0.25, 0.3) is 0 Å². The maximum atomic E-state index is 12.0. The minimum atomic E-state index is -0.627. The van der Waals surface area contributed by atoms with Crippen molar-refractivity contribution < 1.29 is 19.2 Å². The highest BCUT2D eigenvalue weighted by atomic mass is 32.1. The van der Waals surface area contributed by atoms with Gasteiger partial charge >= 0.3 is 5.97 Å². The van der Waals surface area contributed by atoms with Crippen LogP contribution in [-0.4, -0.2) is 27.8 Å². The lowest BCUT2D eigenvalue weighted by Crippen LogP contribution is -2.32. The predicted molar refractivity (Wildman–Crippen MR) is 73.5 cm³/mol. The number of rotatable bonds is 4. The van der Waals surface area contributed by atoms with E-state index in [-0.39, 0.29) is 17.5 Å². The normalized spacial score (nSPS) is 13.4. The Kier molecular flexibility index (Phi) is 3.49. The van der Waals surface area contributed by atoms with Crippen LogP contribution in [0.1, 0.15) is 32.0 Å². The summed E-state index contributed by atoms with van der Waals surface area (Å²) in [5.41, 5.74) is 2.17. The van der Waals surface area contributed by atoms with Gasteiger partial charge in [0.15, 0.2) is 0 Å². The highest BCUT2D eigenvalue weighted by molar-refractivity contribution is 7.09. The molecule has 1 aromatic heterocycles. The first-order valence-electron chi connectivity index (χ1n) is 6.23. The summed E-state index contributed by atoms with van der Waals surface area (Å²) >= 11 is 1.43. The van der Waals surface area contributed by atoms with Crippen molar-refractivity contribution in [3.63, 3.8) is 0 Å². The van der Waals surface area contributed by atoms with E-state index < -0.39 is 17.8 Å². The zero-order valence-corrected chi connectivity index (χ0v) is 11.6. The van der Waals surface area contributed by atoms with Gasteiger partial charge in [0.25, 0.3) is 11.8 Å². The van der Waals surface area contributed by atoms with Crippen LogP contribution in [0.2, 0.25) is 0 Å². The van der Waals surface area contributed by atoms with Crippen LogP contribution in [0, 0.1) is 0 Å². The number of aryl methyl sites for hydroxylation is 1. The molecule has 7 heteroatoms. The molecule has 0 saturated carbocycles. The van der Waals surface area contributed by atoms with Crippen molar-refractivity contribution in [3.05, 3.63) is 52.0 Å². The molecule has 0 saturated heterocycles. The van der Waals surface area contributed by atoms with Gasteiger partial charge in [0.1, 0.15) is 0 Å². The first-order valence-corrected chi connectivity index (χ1v) is 7.11. The third kappa shape index (κ3) is 2.55. The molecule has 0 unspecified atom stereocenters. The molecule has 6 nitrogen and oxygen atoms in total. The Bertz CT molecular complexity index is 677. The smallest absolute Gasteiger partial charge is 0.330 e. The van der Waals surface area contributed by atoms with Crippen LogP contribution in [-0.2, 0) is 16.1 Å². The summed E-state index contributed by atoms with van der Waals surface area (Å²) in [7, 11) is 0. The second-order valence-electron chi connectivity index (χ2n) is 4.38. The van der Waals surface area contributed by atoms with Crippen LogP contribution < -0.4 is 0 Å². The molecule has 2 amide bonds. The maximum Gasteiger partial charge on any atom is 0.333 e. The second-order valence-corrected chi connectivity index (χ2v) is 5.35. The molecule has 0 radical (unpaired) electrons. The van der Waals surface area contributed by atoms with Gasteiger partial charge < -0.3 is 4.84 Å². The third-order valence-electron chi connectivity index (χ3n) is 3.01. The highest BCUT2D eigenvalue weighted by Gasteiger charge is 2.38. The molecule has 2 aromatic rings. The Labute approximate surface area is 123 Å².